The number of anilines is 2. The number of amides is 2. The van der Waals surface area contributed by atoms with Crippen molar-refractivity contribution >= 4 is 35.6 Å². The molecule has 6 rings (SSSR count). The zero-order chi connectivity index (χ0) is 22.8. The van der Waals surface area contributed by atoms with Crippen molar-refractivity contribution in [3.8, 4) is 11.1 Å². The molecule has 3 fully saturated rings. The molecule has 7 heteroatoms. The zero-order valence-electron chi connectivity index (χ0n) is 18.7. The van der Waals surface area contributed by atoms with Gasteiger partial charge in [0, 0.05) is 23.5 Å². The first-order chi connectivity index (χ1) is 16.0. The lowest BCUT2D eigenvalue weighted by Crippen LogP contribution is -2.51. The first-order valence-corrected chi connectivity index (χ1v) is 11.4. The summed E-state index contributed by atoms with van der Waals surface area (Å²) >= 11 is 0. The summed E-state index contributed by atoms with van der Waals surface area (Å²) in [6, 6.07) is 20.9. The summed E-state index contributed by atoms with van der Waals surface area (Å²) in [7, 11) is 0. The highest BCUT2D eigenvalue weighted by molar-refractivity contribution is 6.04. The van der Waals surface area contributed by atoms with Crippen LogP contribution >= 0.6 is 12.4 Å². The Balaban J connectivity index is 0.00000274. The number of piperidine rings is 3. The van der Waals surface area contributed by atoms with Gasteiger partial charge in [-0.05, 0) is 85.4 Å². The van der Waals surface area contributed by atoms with E-state index >= 15 is 0 Å². The Morgan fingerprint density at radius 3 is 1.94 bits per heavy atom. The molecule has 3 aliphatic rings. The fraction of sp³-hybridized carbons (Fsp3) is 0.259. The molecule has 0 saturated carbocycles. The van der Waals surface area contributed by atoms with Crippen molar-refractivity contribution in [3.05, 3.63) is 84.2 Å². The van der Waals surface area contributed by atoms with Crippen molar-refractivity contribution in [2.45, 2.75) is 12.8 Å². The molecular weight excluding hydrogens is 453 g/mol. The van der Waals surface area contributed by atoms with Crippen molar-refractivity contribution in [2.24, 2.45) is 11.8 Å². The Bertz CT molecular complexity index is 1160. The molecule has 3 saturated heterocycles. The van der Waals surface area contributed by atoms with Crippen LogP contribution in [-0.4, -0.2) is 36.3 Å². The summed E-state index contributed by atoms with van der Waals surface area (Å²) < 4.78 is 13.3. The van der Waals surface area contributed by atoms with Gasteiger partial charge in [-0.3, -0.25) is 9.59 Å². The topological polar surface area (TPSA) is 61.4 Å². The van der Waals surface area contributed by atoms with Crippen LogP contribution < -0.4 is 10.6 Å². The van der Waals surface area contributed by atoms with E-state index in [0.717, 1.165) is 49.3 Å². The lowest BCUT2D eigenvalue weighted by molar-refractivity contribution is -0.125. The van der Waals surface area contributed by atoms with Gasteiger partial charge in [-0.15, -0.1) is 12.4 Å². The first-order valence-electron chi connectivity index (χ1n) is 11.4. The number of hydrogen-bond donors (Lipinski definition) is 2. The first kappa shape index (κ1) is 23.9. The van der Waals surface area contributed by atoms with Gasteiger partial charge in [0.05, 0.1) is 5.92 Å². The third kappa shape index (κ3) is 5.29. The Labute approximate surface area is 204 Å². The average molecular weight is 480 g/mol. The molecule has 3 aromatic carbocycles. The van der Waals surface area contributed by atoms with E-state index in [4.69, 9.17) is 0 Å². The highest BCUT2D eigenvalue weighted by Gasteiger charge is 2.38. The second kappa shape index (κ2) is 10.4. The van der Waals surface area contributed by atoms with Crippen LogP contribution in [0, 0.1) is 17.7 Å². The van der Waals surface area contributed by atoms with Crippen LogP contribution in [0.3, 0.4) is 0 Å². The van der Waals surface area contributed by atoms with Crippen LogP contribution in [0.4, 0.5) is 15.8 Å². The van der Waals surface area contributed by atoms with E-state index in [2.05, 4.69) is 15.5 Å². The van der Waals surface area contributed by atoms with E-state index in [1.54, 1.807) is 6.07 Å². The number of halogens is 2. The lowest BCUT2D eigenvalue weighted by Gasteiger charge is -2.43. The Hall–Kier alpha value is -3.22. The molecule has 1 atom stereocenters. The molecular formula is C27H27ClFN3O2. The molecule has 0 spiro atoms. The molecule has 2 bridgehead atoms. The molecule has 3 heterocycles. The van der Waals surface area contributed by atoms with E-state index in [1.165, 1.54) is 18.2 Å². The van der Waals surface area contributed by atoms with Crippen LogP contribution in [0.1, 0.15) is 23.2 Å². The molecule has 176 valence electrons. The number of nitrogens with one attached hydrogen (secondary N) is 2. The minimum Gasteiger partial charge on any atom is -0.326 e. The zero-order valence-corrected chi connectivity index (χ0v) is 19.5. The molecule has 3 aromatic rings. The fourth-order valence-corrected chi connectivity index (χ4v) is 4.82. The number of carbonyl (C=O) groups excluding carboxylic acids is 2. The predicted molar refractivity (Wildman–Crippen MR) is 135 cm³/mol. The van der Waals surface area contributed by atoms with Gasteiger partial charge in [0.1, 0.15) is 5.82 Å². The number of fused-ring (bicyclic) bond motifs is 3. The van der Waals surface area contributed by atoms with E-state index in [9.17, 15) is 14.0 Å². The largest absolute Gasteiger partial charge is 0.326 e. The monoisotopic (exact) mass is 479 g/mol. The highest BCUT2D eigenvalue weighted by Crippen LogP contribution is 2.33. The molecule has 2 N–H and O–H groups in total. The molecule has 5 nitrogen and oxygen atoms in total. The molecule has 34 heavy (non-hydrogen) atoms. The van der Waals surface area contributed by atoms with Crippen molar-refractivity contribution in [2.75, 3.05) is 30.3 Å². The minimum absolute atomic E-state index is 0. The third-order valence-electron chi connectivity index (χ3n) is 6.71. The smallest absolute Gasteiger partial charge is 0.255 e. The van der Waals surface area contributed by atoms with E-state index in [1.807, 2.05) is 48.5 Å². The van der Waals surface area contributed by atoms with Crippen LogP contribution in [0.2, 0.25) is 0 Å². The van der Waals surface area contributed by atoms with E-state index in [-0.39, 0.29) is 35.7 Å². The van der Waals surface area contributed by atoms with Gasteiger partial charge in [-0.2, -0.15) is 0 Å². The average Bonchev–Trinajstić information content (AvgIpc) is 2.86. The minimum atomic E-state index is -0.443. The van der Waals surface area contributed by atoms with Gasteiger partial charge in [0.2, 0.25) is 5.91 Å². The number of rotatable bonds is 5. The van der Waals surface area contributed by atoms with Crippen molar-refractivity contribution in [1.82, 2.24) is 4.90 Å². The third-order valence-corrected chi connectivity index (χ3v) is 6.71. The van der Waals surface area contributed by atoms with Crippen LogP contribution in [-0.2, 0) is 4.79 Å². The van der Waals surface area contributed by atoms with Crippen molar-refractivity contribution < 1.29 is 14.0 Å². The van der Waals surface area contributed by atoms with Gasteiger partial charge >= 0.3 is 0 Å². The Morgan fingerprint density at radius 1 is 0.824 bits per heavy atom. The van der Waals surface area contributed by atoms with Gasteiger partial charge < -0.3 is 15.5 Å². The molecule has 2 amide bonds. The Kier molecular flexibility index (Phi) is 7.29. The molecule has 0 radical (unpaired) electrons. The maximum Gasteiger partial charge on any atom is 0.255 e. The van der Waals surface area contributed by atoms with E-state index < -0.39 is 5.82 Å². The standard InChI is InChI=1S/C27H26FN3O2.ClH/c28-22-3-1-2-21(16-22)26(32)29-23-8-4-18(5-9-23)19-6-10-24(11-7-19)30-27(33)25-17-31-14-12-20(25)13-15-31;/h1-11,16,20,25H,12-15,17H2,(H,29,32)(H,30,33);1H. The fourth-order valence-electron chi connectivity index (χ4n) is 4.82. The number of benzene rings is 3. The van der Waals surface area contributed by atoms with Gasteiger partial charge in [-0.1, -0.05) is 30.3 Å². The summed E-state index contributed by atoms with van der Waals surface area (Å²) in [6.07, 6.45) is 2.24. The molecule has 1 unspecified atom stereocenters. The van der Waals surface area contributed by atoms with Crippen LogP contribution in [0.25, 0.3) is 11.1 Å². The SMILES string of the molecule is Cl.O=C(Nc1ccc(-c2ccc(NC(=O)C3CN4CCC3CC4)cc2)cc1)c1cccc(F)c1. The summed E-state index contributed by atoms with van der Waals surface area (Å²) in [4.78, 5) is 27.4. The summed E-state index contributed by atoms with van der Waals surface area (Å²) in [5.41, 5.74) is 3.72. The number of hydrogen-bond acceptors (Lipinski definition) is 3. The molecule has 0 aromatic heterocycles. The normalized spacial score (nSPS) is 20.8. The number of nitrogens with zero attached hydrogens (tertiary/aromatic N) is 1. The van der Waals surface area contributed by atoms with Crippen molar-refractivity contribution in [3.63, 3.8) is 0 Å². The van der Waals surface area contributed by atoms with Crippen molar-refractivity contribution in [1.29, 1.82) is 0 Å². The predicted octanol–water partition coefficient (Wildman–Crippen LogP) is 5.45. The van der Waals surface area contributed by atoms with Crippen LogP contribution in [0.15, 0.2) is 72.8 Å². The number of carbonyl (C=O) groups is 2. The Morgan fingerprint density at radius 2 is 1.41 bits per heavy atom. The summed E-state index contributed by atoms with van der Waals surface area (Å²) in [6.45, 7) is 3.11. The van der Waals surface area contributed by atoms with E-state index in [0.29, 0.717) is 11.6 Å². The van der Waals surface area contributed by atoms with Crippen LogP contribution in [0.5, 0.6) is 0 Å². The maximum atomic E-state index is 13.3. The maximum absolute atomic E-state index is 13.3. The second-order valence-electron chi connectivity index (χ2n) is 8.85. The van der Waals surface area contributed by atoms with Gasteiger partial charge in [-0.25, -0.2) is 4.39 Å². The highest BCUT2D eigenvalue weighted by atomic mass is 35.5. The van der Waals surface area contributed by atoms with Gasteiger partial charge in [0.15, 0.2) is 0 Å². The summed E-state index contributed by atoms with van der Waals surface area (Å²) in [5, 5.41) is 5.87. The summed E-state index contributed by atoms with van der Waals surface area (Å²) in [5.74, 6) is -0.0845. The molecule has 3 aliphatic heterocycles. The molecule has 0 aliphatic carbocycles. The van der Waals surface area contributed by atoms with Gasteiger partial charge in [0.25, 0.3) is 5.91 Å². The second-order valence-corrected chi connectivity index (χ2v) is 8.85. The lowest BCUT2D eigenvalue weighted by atomic mass is 9.78. The quantitative estimate of drug-likeness (QED) is 0.511.